The van der Waals surface area contributed by atoms with Crippen molar-refractivity contribution in [3.05, 3.63) is 95.1 Å². The van der Waals surface area contributed by atoms with Gasteiger partial charge in [-0.25, -0.2) is 0 Å². The number of ether oxygens (including phenoxy) is 2. The Morgan fingerprint density at radius 2 is 1.56 bits per heavy atom. The Hall–Kier alpha value is -2.69. The summed E-state index contributed by atoms with van der Waals surface area (Å²) in [5, 5.41) is 15.6. The molecule has 0 unspecified atom stereocenters. The zero-order valence-electron chi connectivity index (χ0n) is 30.1. The maximum absolute atomic E-state index is 13.8. The summed E-state index contributed by atoms with van der Waals surface area (Å²) in [5.41, 5.74) is 5.20. The van der Waals surface area contributed by atoms with Crippen LogP contribution in [0.5, 0.6) is 0 Å². The molecule has 8 nitrogen and oxygen atoms in total. The van der Waals surface area contributed by atoms with Crippen LogP contribution in [0.4, 0.5) is 0 Å². The number of nitrogens with zero attached hydrogens (tertiary/aromatic N) is 1. The summed E-state index contributed by atoms with van der Waals surface area (Å²) in [4.78, 5) is 28.4. The quantitative estimate of drug-likeness (QED) is 0.190. The minimum atomic E-state index is -2.03. The molecule has 0 spiro atoms. The van der Waals surface area contributed by atoms with E-state index in [0.717, 1.165) is 52.6 Å². The highest BCUT2D eigenvalue weighted by Crippen LogP contribution is 2.42. The van der Waals surface area contributed by atoms with Gasteiger partial charge in [0.2, 0.25) is 5.91 Å². The number of halogens is 3. The normalized spacial score (nSPS) is 25.6. The zero-order chi connectivity index (χ0) is 37.0. The smallest absolute Gasteiger partial charge is 0.272 e. The van der Waals surface area contributed by atoms with Crippen molar-refractivity contribution < 1.29 is 24.2 Å². The van der Waals surface area contributed by atoms with Crippen molar-refractivity contribution in [2.24, 2.45) is 5.92 Å². The Balaban J connectivity index is 1.27. The van der Waals surface area contributed by atoms with Crippen molar-refractivity contribution in [1.29, 1.82) is 0 Å². The van der Waals surface area contributed by atoms with Gasteiger partial charge in [0.05, 0.1) is 24.9 Å². The van der Waals surface area contributed by atoms with Gasteiger partial charge < -0.3 is 25.2 Å². The van der Waals surface area contributed by atoms with E-state index in [9.17, 15) is 14.7 Å². The summed E-state index contributed by atoms with van der Waals surface area (Å²) in [7, 11) is 0. The number of rotatable bonds is 9. The number of hydrogen-bond acceptors (Lipinski definition) is 6. The number of aliphatic hydroxyl groups excluding tert-OH is 1. The van der Waals surface area contributed by atoms with Crippen LogP contribution in [-0.2, 0) is 32.2 Å². The molecule has 2 saturated heterocycles. The molecular formula is C41H50Cl3N3O5. The molecule has 1 saturated carbocycles. The Bertz CT molecular complexity index is 1690. The lowest BCUT2D eigenvalue weighted by atomic mass is 9.75. The fraction of sp³-hybridized carbons (Fsp3) is 0.512. The number of fused-ring (bicyclic) bond motifs is 1. The second-order valence-corrected chi connectivity index (χ2v) is 17.8. The van der Waals surface area contributed by atoms with Crippen LogP contribution in [-0.4, -0.2) is 55.9 Å². The number of hydrogen-bond donors (Lipinski definition) is 3. The van der Waals surface area contributed by atoms with Crippen molar-refractivity contribution in [3.8, 4) is 11.1 Å². The van der Waals surface area contributed by atoms with E-state index in [1.807, 2.05) is 87.5 Å². The number of aliphatic hydroxyl groups is 1. The molecule has 6 rings (SSSR count). The lowest BCUT2D eigenvalue weighted by molar-refractivity contribution is -0.255. The first-order valence-corrected chi connectivity index (χ1v) is 19.5. The van der Waals surface area contributed by atoms with E-state index in [1.54, 1.807) is 0 Å². The van der Waals surface area contributed by atoms with Gasteiger partial charge in [-0.05, 0) is 92.3 Å². The highest BCUT2D eigenvalue weighted by Gasteiger charge is 2.44. The number of carbonyl (C=O) groups is 2. The summed E-state index contributed by atoms with van der Waals surface area (Å²) in [6.07, 6.45) is 6.19. The third-order valence-electron chi connectivity index (χ3n) is 10.5. The first-order valence-electron chi connectivity index (χ1n) is 18.4. The van der Waals surface area contributed by atoms with E-state index >= 15 is 0 Å². The standard InChI is InChI=1S/C41H50Cl3N3O5/c1-40(2,3)46-37(49)35-19-18-28-9-4-5-13-34(28)47(35)24-33-22-36(29-16-14-26(25-48)15-17-29)52-38(51-33)32-12-7-11-31(21-32)30-10-6-8-27(20-30)23-45-39(50)41(42,43)44/h6-8,10-12,14-17,20-21,28,33-36,38,48H,4-5,9,13,18-19,22-25H2,1-3H3,(H,45,50)(H,46,49)/t28-,33+,34-,35-,36-,38-/m1/s1. The Morgan fingerprint density at radius 1 is 0.846 bits per heavy atom. The van der Waals surface area contributed by atoms with E-state index in [1.165, 1.54) is 19.3 Å². The molecule has 280 valence electrons. The molecular weight excluding hydrogens is 721 g/mol. The van der Waals surface area contributed by atoms with E-state index in [4.69, 9.17) is 44.3 Å². The van der Waals surface area contributed by atoms with Crippen molar-refractivity contribution in [2.45, 2.75) is 119 Å². The molecule has 3 fully saturated rings. The van der Waals surface area contributed by atoms with E-state index in [0.29, 0.717) is 24.9 Å². The lowest BCUT2D eigenvalue weighted by Gasteiger charge is -2.50. The molecule has 2 aliphatic heterocycles. The fourth-order valence-corrected chi connectivity index (χ4v) is 8.20. The first kappa shape index (κ1) is 39.0. The molecule has 0 bridgehead atoms. The predicted octanol–water partition coefficient (Wildman–Crippen LogP) is 8.32. The monoisotopic (exact) mass is 769 g/mol. The largest absolute Gasteiger partial charge is 0.392 e. The third kappa shape index (κ3) is 9.89. The molecule has 3 aliphatic rings. The number of amides is 2. The molecule has 6 atom stereocenters. The van der Waals surface area contributed by atoms with Crippen LogP contribution in [0.3, 0.4) is 0 Å². The van der Waals surface area contributed by atoms with Crippen molar-refractivity contribution >= 4 is 46.6 Å². The first-order chi connectivity index (χ1) is 24.8. The SMILES string of the molecule is CC(C)(C)NC(=O)[C@H]1CC[C@H]2CCCC[C@H]2N1C[C@@H]1C[C@H](c2ccc(CO)cc2)O[C@H](c2cccc(-c3cccc(CNC(=O)C(Cl)(Cl)Cl)c3)c2)O1. The van der Waals surface area contributed by atoms with Gasteiger partial charge in [0.15, 0.2) is 6.29 Å². The number of piperidine rings is 1. The van der Waals surface area contributed by atoms with Crippen LogP contribution >= 0.6 is 34.8 Å². The summed E-state index contributed by atoms with van der Waals surface area (Å²) in [6, 6.07) is 24.0. The predicted molar refractivity (Wildman–Crippen MR) is 206 cm³/mol. The summed E-state index contributed by atoms with van der Waals surface area (Å²) in [6.45, 7) is 6.93. The van der Waals surface area contributed by atoms with Gasteiger partial charge in [-0.3, -0.25) is 14.5 Å². The molecule has 2 amide bonds. The van der Waals surface area contributed by atoms with Gasteiger partial charge in [0.25, 0.3) is 9.70 Å². The minimum Gasteiger partial charge on any atom is -0.392 e. The Kier molecular flexibility index (Phi) is 12.6. The van der Waals surface area contributed by atoms with Crippen molar-refractivity contribution in [1.82, 2.24) is 15.5 Å². The van der Waals surface area contributed by atoms with E-state index in [2.05, 4.69) is 21.6 Å². The highest BCUT2D eigenvalue weighted by molar-refractivity contribution is 6.76. The average molecular weight is 771 g/mol. The molecule has 3 N–H and O–H groups in total. The van der Waals surface area contributed by atoms with Crippen LogP contribution in [0.2, 0.25) is 0 Å². The summed E-state index contributed by atoms with van der Waals surface area (Å²) in [5.74, 6) is 0.00222. The molecule has 0 radical (unpaired) electrons. The summed E-state index contributed by atoms with van der Waals surface area (Å²) < 4.78 is 11.6. The van der Waals surface area contributed by atoms with Crippen molar-refractivity contribution in [3.63, 3.8) is 0 Å². The highest BCUT2D eigenvalue weighted by atomic mass is 35.6. The van der Waals surface area contributed by atoms with Gasteiger partial charge in [-0.15, -0.1) is 0 Å². The van der Waals surface area contributed by atoms with Crippen LogP contribution in [0.15, 0.2) is 72.8 Å². The van der Waals surface area contributed by atoms with Crippen LogP contribution in [0, 0.1) is 5.92 Å². The molecule has 2 heterocycles. The van der Waals surface area contributed by atoms with Crippen molar-refractivity contribution in [2.75, 3.05) is 6.54 Å². The van der Waals surface area contributed by atoms with Gasteiger partial charge >= 0.3 is 0 Å². The van der Waals surface area contributed by atoms with Gasteiger partial charge in [-0.2, -0.15) is 0 Å². The minimum absolute atomic E-state index is 0.0248. The molecule has 0 aromatic heterocycles. The number of nitrogens with one attached hydrogen (secondary N) is 2. The second-order valence-electron chi connectivity index (χ2n) is 15.5. The maximum atomic E-state index is 13.8. The topological polar surface area (TPSA) is 100 Å². The van der Waals surface area contributed by atoms with Gasteiger partial charge in [-0.1, -0.05) is 108 Å². The van der Waals surface area contributed by atoms with Crippen LogP contribution < -0.4 is 10.6 Å². The van der Waals surface area contributed by atoms with Gasteiger partial charge in [0, 0.05) is 36.7 Å². The van der Waals surface area contributed by atoms with E-state index in [-0.39, 0.29) is 42.8 Å². The molecule has 3 aromatic rings. The van der Waals surface area contributed by atoms with Crippen LogP contribution in [0.25, 0.3) is 11.1 Å². The molecule has 52 heavy (non-hydrogen) atoms. The number of likely N-dealkylation sites (tertiary alicyclic amines) is 1. The lowest BCUT2D eigenvalue weighted by Crippen LogP contribution is -2.61. The second kappa shape index (κ2) is 16.8. The summed E-state index contributed by atoms with van der Waals surface area (Å²) >= 11 is 17.2. The molecule has 11 heteroatoms. The Labute approximate surface area is 322 Å². The fourth-order valence-electron chi connectivity index (χ4n) is 8.00. The van der Waals surface area contributed by atoms with Crippen LogP contribution in [0.1, 0.15) is 100 Å². The number of benzene rings is 3. The molecule has 3 aromatic carbocycles. The molecule has 1 aliphatic carbocycles. The average Bonchev–Trinajstić information content (AvgIpc) is 3.13. The number of carbonyl (C=O) groups excluding carboxylic acids is 2. The third-order valence-corrected chi connectivity index (χ3v) is 11.0. The van der Waals surface area contributed by atoms with Gasteiger partial charge in [0.1, 0.15) is 0 Å². The van der Waals surface area contributed by atoms with E-state index < -0.39 is 16.0 Å². The zero-order valence-corrected chi connectivity index (χ0v) is 32.4. The Morgan fingerprint density at radius 3 is 2.27 bits per heavy atom. The maximum Gasteiger partial charge on any atom is 0.272 e. The number of alkyl halides is 3.